The number of ketones is 2. The highest BCUT2D eigenvalue weighted by molar-refractivity contribution is 5.97. The molecule has 0 aliphatic carbocycles. The van der Waals surface area contributed by atoms with Crippen molar-refractivity contribution >= 4 is 11.6 Å². The first kappa shape index (κ1) is 16.6. The highest BCUT2D eigenvalue weighted by Crippen LogP contribution is 2.20. The van der Waals surface area contributed by atoms with Crippen LogP contribution in [0.15, 0.2) is 60.7 Å². The van der Waals surface area contributed by atoms with Crippen molar-refractivity contribution in [2.45, 2.75) is 44.2 Å². The Morgan fingerprint density at radius 1 is 0.750 bits per heavy atom. The first-order chi connectivity index (χ1) is 11.7. The molecule has 0 bridgehead atoms. The Kier molecular flexibility index (Phi) is 5.55. The van der Waals surface area contributed by atoms with Gasteiger partial charge in [0.25, 0.3) is 0 Å². The van der Waals surface area contributed by atoms with Crippen LogP contribution in [0, 0.1) is 0 Å². The monoisotopic (exact) mass is 321 g/mol. The van der Waals surface area contributed by atoms with Gasteiger partial charge >= 0.3 is 0 Å². The molecule has 3 nitrogen and oxygen atoms in total. The molecule has 1 N–H and O–H groups in total. The standard InChI is InChI=1S/C21H23NO2/c23-20(16-8-3-1-4-9-16)14-18-12-7-13-19(22-18)15-21(24)17-10-5-2-6-11-17/h1-6,8-11,18-19,22H,7,12-15H2/t18-,19+. The molecule has 2 aromatic carbocycles. The first-order valence-electron chi connectivity index (χ1n) is 8.65. The summed E-state index contributed by atoms with van der Waals surface area (Å²) in [6.45, 7) is 0. The van der Waals surface area contributed by atoms with Crippen LogP contribution in [0.5, 0.6) is 0 Å². The van der Waals surface area contributed by atoms with Gasteiger partial charge in [0, 0.05) is 36.1 Å². The van der Waals surface area contributed by atoms with Crippen LogP contribution < -0.4 is 5.32 Å². The van der Waals surface area contributed by atoms with E-state index in [9.17, 15) is 9.59 Å². The van der Waals surface area contributed by atoms with Gasteiger partial charge in [0.2, 0.25) is 0 Å². The summed E-state index contributed by atoms with van der Waals surface area (Å²) in [6.07, 6.45) is 4.05. The fourth-order valence-electron chi connectivity index (χ4n) is 3.36. The zero-order chi connectivity index (χ0) is 16.8. The molecule has 0 aromatic heterocycles. The van der Waals surface area contributed by atoms with Crippen LogP contribution in [-0.4, -0.2) is 23.7 Å². The van der Waals surface area contributed by atoms with Gasteiger partial charge < -0.3 is 5.32 Å². The number of carbonyl (C=O) groups is 2. The van der Waals surface area contributed by atoms with E-state index in [2.05, 4.69) is 5.32 Å². The second-order valence-corrected chi connectivity index (χ2v) is 6.48. The summed E-state index contributed by atoms with van der Waals surface area (Å²) in [4.78, 5) is 24.7. The molecule has 1 aliphatic rings. The van der Waals surface area contributed by atoms with Crippen LogP contribution in [0.1, 0.15) is 52.8 Å². The molecule has 3 rings (SSSR count). The number of nitrogens with one attached hydrogen (secondary N) is 1. The quantitative estimate of drug-likeness (QED) is 0.817. The van der Waals surface area contributed by atoms with Crippen molar-refractivity contribution in [3.63, 3.8) is 0 Å². The van der Waals surface area contributed by atoms with Crippen molar-refractivity contribution in [1.29, 1.82) is 0 Å². The Labute approximate surface area is 143 Å². The molecule has 0 amide bonds. The molecular weight excluding hydrogens is 298 g/mol. The smallest absolute Gasteiger partial charge is 0.164 e. The number of piperidine rings is 1. The third-order valence-electron chi connectivity index (χ3n) is 4.63. The summed E-state index contributed by atoms with van der Waals surface area (Å²) in [5.74, 6) is 0.339. The van der Waals surface area contributed by atoms with Gasteiger partial charge in [-0.1, -0.05) is 67.1 Å². The Balaban J connectivity index is 1.55. The number of Topliss-reactive ketones (excluding diaryl/α,β-unsaturated/α-hetero) is 2. The Bertz CT molecular complexity index is 622. The van der Waals surface area contributed by atoms with E-state index in [0.29, 0.717) is 12.8 Å². The van der Waals surface area contributed by atoms with Crippen molar-refractivity contribution in [3.8, 4) is 0 Å². The van der Waals surface area contributed by atoms with E-state index in [-0.39, 0.29) is 23.7 Å². The average molecular weight is 321 g/mol. The molecule has 0 radical (unpaired) electrons. The van der Waals surface area contributed by atoms with Crippen LogP contribution in [-0.2, 0) is 0 Å². The van der Waals surface area contributed by atoms with Crippen molar-refractivity contribution in [2.24, 2.45) is 0 Å². The molecule has 1 saturated heterocycles. The highest BCUT2D eigenvalue weighted by Gasteiger charge is 2.25. The summed E-state index contributed by atoms with van der Waals surface area (Å²) in [7, 11) is 0. The third-order valence-corrected chi connectivity index (χ3v) is 4.63. The van der Waals surface area contributed by atoms with Crippen molar-refractivity contribution in [2.75, 3.05) is 0 Å². The lowest BCUT2D eigenvalue weighted by molar-refractivity contribution is 0.0941. The molecule has 0 unspecified atom stereocenters. The van der Waals surface area contributed by atoms with E-state index in [1.807, 2.05) is 60.7 Å². The molecule has 3 heteroatoms. The second kappa shape index (κ2) is 8.02. The number of benzene rings is 2. The van der Waals surface area contributed by atoms with Crippen molar-refractivity contribution < 1.29 is 9.59 Å². The first-order valence-corrected chi connectivity index (χ1v) is 8.65. The molecular formula is C21H23NO2. The molecule has 1 fully saturated rings. The van der Waals surface area contributed by atoms with Crippen LogP contribution in [0.25, 0.3) is 0 Å². The summed E-state index contributed by atoms with van der Waals surface area (Å²) in [6, 6.07) is 19.2. The molecule has 2 aromatic rings. The molecule has 124 valence electrons. The largest absolute Gasteiger partial charge is 0.310 e. The molecule has 24 heavy (non-hydrogen) atoms. The topological polar surface area (TPSA) is 46.2 Å². The van der Waals surface area contributed by atoms with Crippen LogP contribution in [0.3, 0.4) is 0 Å². The minimum Gasteiger partial charge on any atom is -0.310 e. The third kappa shape index (κ3) is 4.39. The second-order valence-electron chi connectivity index (χ2n) is 6.48. The van der Waals surface area contributed by atoms with Gasteiger partial charge in [0.05, 0.1) is 0 Å². The van der Waals surface area contributed by atoms with Gasteiger partial charge in [-0.25, -0.2) is 0 Å². The summed E-state index contributed by atoms with van der Waals surface area (Å²) in [5.41, 5.74) is 1.53. The minimum atomic E-state index is 0.167. The lowest BCUT2D eigenvalue weighted by atomic mass is 9.90. The lowest BCUT2D eigenvalue weighted by Gasteiger charge is -2.30. The minimum absolute atomic E-state index is 0.167. The predicted octanol–water partition coefficient (Wildman–Crippen LogP) is 4.04. The molecule has 0 saturated carbocycles. The van der Waals surface area contributed by atoms with Gasteiger partial charge in [0.1, 0.15) is 0 Å². The van der Waals surface area contributed by atoms with Crippen molar-refractivity contribution in [1.82, 2.24) is 5.32 Å². The molecule has 1 heterocycles. The fourth-order valence-corrected chi connectivity index (χ4v) is 3.36. The van der Waals surface area contributed by atoms with Crippen LogP contribution in [0.2, 0.25) is 0 Å². The SMILES string of the molecule is O=C(C[C@H]1CCC[C@@H](CC(=O)c2ccccc2)N1)c1ccccc1. The zero-order valence-electron chi connectivity index (χ0n) is 13.8. The van der Waals surface area contributed by atoms with Gasteiger partial charge in [-0.15, -0.1) is 0 Å². The fraction of sp³-hybridized carbons (Fsp3) is 0.333. The summed E-state index contributed by atoms with van der Waals surface area (Å²) in [5, 5.41) is 3.51. The van der Waals surface area contributed by atoms with Crippen molar-refractivity contribution in [3.05, 3.63) is 71.8 Å². The van der Waals surface area contributed by atoms with Crippen LogP contribution in [0.4, 0.5) is 0 Å². The van der Waals surface area contributed by atoms with E-state index < -0.39 is 0 Å². The molecule has 1 aliphatic heterocycles. The highest BCUT2D eigenvalue weighted by atomic mass is 16.1. The van der Waals surface area contributed by atoms with Gasteiger partial charge in [0.15, 0.2) is 11.6 Å². The lowest BCUT2D eigenvalue weighted by Crippen LogP contribution is -2.44. The zero-order valence-corrected chi connectivity index (χ0v) is 13.8. The normalized spacial score (nSPS) is 20.5. The van der Waals surface area contributed by atoms with Gasteiger partial charge in [-0.05, 0) is 12.8 Å². The van der Waals surface area contributed by atoms with E-state index in [1.165, 1.54) is 0 Å². The van der Waals surface area contributed by atoms with Crippen LogP contribution >= 0.6 is 0 Å². The summed E-state index contributed by atoms with van der Waals surface area (Å²) < 4.78 is 0. The van der Waals surface area contributed by atoms with E-state index in [1.54, 1.807) is 0 Å². The van der Waals surface area contributed by atoms with E-state index in [4.69, 9.17) is 0 Å². The Hall–Kier alpha value is -2.26. The van der Waals surface area contributed by atoms with Gasteiger partial charge in [-0.2, -0.15) is 0 Å². The number of carbonyl (C=O) groups excluding carboxylic acids is 2. The predicted molar refractivity (Wildman–Crippen MR) is 95.3 cm³/mol. The Morgan fingerprint density at radius 3 is 1.58 bits per heavy atom. The maximum Gasteiger partial charge on any atom is 0.164 e. The number of rotatable bonds is 6. The van der Waals surface area contributed by atoms with E-state index in [0.717, 1.165) is 30.4 Å². The van der Waals surface area contributed by atoms with E-state index >= 15 is 0 Å². The average Bonchev–Trinajstić information content (AvgIpc) is 2.63. The number of hydrogen-bond acceptors (Lipinski definition) is 3. The summed E-state index contributed by atoms with van der Waals surface area (Å²) >= 11 is 0. The maximum atomic E-state index is 12.4. The molecule has 0 spiro atoms. The maximum absolute atomic E-state index is 12.4. The number of hydrogen-bond donors (Lipinski definition) is 1. The molecule has 2 atom stereocenters. The van der Waals surface area contributed by atoms with Gasteiger partial charge in [-0.3, -0.25) is 9.59 Å². The Morgan fingerprint density at radius 2 is 1.17 bits per heavy atom.